The first-order chi connectivity index (χ1) is 8.21. The van der Waals surface area contributed by atoms with Crippen molar-refractivity contribution in [1.82, 2.24) is 4.57 Å². The van der Waals surface area contributed by atoms with Crippen LogP contribution in [0.4, 0.5) is 0 Å². The highest BCUT2D eigenvalue weighted by atomic mass is 16.5. The molecule has 0 aliphatic heterocycles. The fourth-order valence-corrected chi connectivity index (χ4v) is 2.09. The number of aliphatic hydroxyl groups excluding tert-OH is 1. The fourth-order valence-electron chi connectivity index (χ4n) is 2.09. The minimum atomic E-state index is 0.123. The van der Waals surface area contributed by atoms with Crippen LogP contribution in [0.3, 0.4) is 0 Å². The smallest absolute Gasteiger partial charge is 0.162 e. The largest absolute Gasteiger partial charge is 0.493 e. The van der Waals surface area contributed by atoms with Gasteiger partial charge in [0.2, 0.25) is 0 Å². The molecule has 2 rings (SSSR count). The number of nitrogens with zero attached hydrogens (tertiary/aromatic N) is 1. The van der Waals surface area contributed by atoms with Crippen molar-refractivity contribution in [2.24, 2.45) is 0 Å². The number of methoxy groups -OCH3 is 2. The van der Waals surface area contributed by atoms with Gasteiger partial charge in [-0.1, -0.05) is 0 Å². The summed E-state index contributed by atoms with van der Waals surface area (Å²) < 4.78 is 12.6. The summed E-state index contributed by atoms with van der Waals surface area (Å²) in [5.74, 6) is 1.43. The van der Waals surface area contributed by atoms with Crippen molar-refractivity contribution in [3.8, 4) is 11.5 Å². The highest BCUT2D eigenvalue weighted by Gasteiger charge is 2.11. The molecule has 0 aliphatic rings. The van der Waals surface area contributed by atoms with Crippen molar-refractivity contribution >= 4 is 10.9 Å². The monoisotopic (exact) mass is 235 g/mol. The first-order valence-electron chi connectivity index (χ1n) is 5.53. The molecule has 0 aliphatic carbocycles. The quantitative estimate of drug-likeness (QED) is 0.881. The van der Waals surface area contributed by atoms with E-state index in [4.69, 9.17) is 14.6 Å². The lowest BCUT2D eigenvalue weighted by Gasteiger charge is -2.09. The van der Waals surface area contributed by atoms with Gasteiger partial charge in [-0.25, -0.2) is 0 Å². The summed E-state index contributed by atoms with van der Waals surface area (Å²) in [5.41, 5.74) is 2.21. The zero-order valence-electron chi connectivity index (χ0n) is 10.4. The van der Waals surface area contributed by atoms with Crippen LogP contribution < -0.4 is 9.47 Å². The van der Waals surface area contributed by atoms with Crippen molar-refractivity contribution in [3.63, 3.8) is 0 Å². The Balaban J connectivity index is 2.66. The molecular weight excluding hydrogens is 218 g/mol. The van der Waals surface area contributed by atoms with Crippen LogP contribution in [0.2, 0.25) is 0 Å². The molecule has 0 amide bonds. The van der Waals surface area contributed by atoms with Gasteiger partial charge in [0.1, 0.15) is 0 Å². The summed E-state index contributed by atoms with van der Waals surface area (Å²) in [6, 6.07) is 3.91. The topological polar surface area (TPSA) is 43.6 Å². The molecule has 4 nitrogen and oxygen atoms in total. The average Bonchev–Trinajstić information content (AvgIpc) is 2.65. The molecule has 0 saturated heterocycles. The number of aromatic nitrogens is 1. The second-order valence-corrected chi connectivity index (χ2v) is 3.95. The van der Waals surface area contributed by atoms with Crippen LogP contribution >= 0.6 is 0 Å². The number of hydrogen-bond acceptors (Lipinski definition) is 3. The Kier molecular flexibility index (Phi) is 3.24. The van der Waals surface area contributed by atoms with Crippen molar-refractivity contribution in [2.75, 3.05) is 20.8 Å². The summed E-state index contributed by atoms with van der Waals surface area (Å²) in [6.45, 7) is 2.75. The standard InChI is InChI=1S/C13H17NO3/c1-9-8-14(4-5-15)11-7-13(17-3)12(16-2)6-10(9)11/h6-8,15H,4-5H2,1-3H3. The van der Waals surface area contributed by atoms with Crippen LogP contribution in [0, 0.1) is 6.92 Å². The third-order valence-corrected chi connectivity index (χ3v) is 2.93. The van der Waals surface area contributed by atoms with Crippen molar-refractivity contribution in [1.29, 1.82) is 0 Å². The lowest BCUT2D eigenvalue weighted by atomic mass is 10.2. The van der Waals surface area contributed by atoms with Gasteiger partial charge in [-0.15, -0.1) is 0 Å². The number of hydrogen-bond donors (Lipinski definition) is 1. The van der Waals surface area contributed by atoms with Crippen molar-refractivity contribution in [3.05, 3.63) is 23.9 Å². The van der Waals surface area contributed by atoms with Gasteiger partial charge < -0.3 is 19.1 Å². The Hall–Kier alpha value is -1.68. The van der Waals surface area contributed by atoms with E-state index in [-0.39, 0.29) is 6.61 Å². The van der Waals surface area contributed by atoms with Gasteiger partial charge in [-0.05, 0) is 18.6 Å². The molecule has 0 bridgehead atoms. The van der Waals surface area contributed by atoms with Gasteiger partial charge in [-0.3, -0.25) is 0 Å². The van der Waals surface area contributed by atoms with Crippen LogP contribution in [0.5, 0.6) is 11.5 Å². The highest BCUT2D eigenvalue weighted by molar-refractivity contribution is 5.87. The molecule has 0 radical (unpaired) electrons. The van der Waals surface area contributed by atoms with E-state index in [0.717, 1.165) is 22.2 Å². The molecule has 0 unspecified atom stereocenters. The Morgan fingerprint density at radius 2 is 1.82 bits per heavy atom. The first kappa shape index (κ1) is 11.8. The first-order valence-corrected chi connectivity index (χ1v) is 5.53. The van der Waals surface area contributed by atoms with E-state index in [2.05, 4.69) is 0 Å². The molecule has 1 aromatic heterocycles. The molecule has 2 aromatic rings. The van der Waals surface area contributed by atoms with E-state index in [1.54, 1.807) is 14.2 Å². The molecule has 0 fully saturated rings. The van der Waals surface area contributed by atoms with Crippen LogP contribution in [0.15, 0.2) is 18.3 Å². The van der Waals surface area contributed by atoms with Crippen LogP contribution in [0.25, 0.3) is 10.9 Å². The number of rotatable bonds is 4. The minimum absolute atomic E-state index is 0.123. The van der Waals surface area contributed by atoms with Crippen molar-refractivity contribution < 1.29 is 14.6 Å². The number of benzene rings is 1. The molecule has 17 heavy (non-hydrogen) atoms. The van der Waals surface area contributed by atoms with Crippen molar-refractivity contribution in [2.45, 2.75) is 13.5 Å². The van der Waals surface area contributed by atoms with Gasteiger partial charge in [-0.2, -0.15) is 0 Å². The lowest BCUT2D eigenvalue weighted by Crippen LogP contribution is -2.00. The summed E-state index contributed by atoms with van der Waals surface area (Å²) in [6.07, 6.45) is 2.03. The predicted molar refractivity (Wildman–Crippen MR) is 66.9 cm³/mol. The molecular formula is C13H17NO3. The molecule has 92 valence electrons. The van der Waals surface area contributed by atoms with E-state index in [0.29, 0.717) is 12.3 Å². The van der Waals surface area contributed by atoms with E-state index in [1.165, 1.54) is 0 Å². The molecule has 4 heteroatoms. The Morgan fingerprint density at radius 1 is 1.18 bits per heavy atom. The van der Waals surface area contributed by atoms with E-state index < -0.39 is 0 Å². The van der Waals surface area contributed by atoms with E-state index in [1.807, 2.05) is 29.8 Å². The zero-order valence-corrected chi connectivity index (χ0v) is 10.4. The summed E-state index contributed by atoms with van der Waals surface area (Å²) in [7, 11) is 3.25. The van der Waals surface area contributed by atoms with E-state index in [9.17, 15) is 0 Å². The number of ether oxygens (including phenoxy) is 2. The minimum Gasteiger partial charge on any atom is -0.493 e. The third kappa shape index (κ3) is 1.96. The van der Waals surface area contributed by atoms with Gasteiger partial charge in [0, 0.05) is 24.2 Å². The Bertz CT molecular complexity index is 531. The normalized spacial score (nSPS) is 10.8. The predicted octanol–water partition coefficient (Wildman–Crippen LogP) is 1.96. The number of fused-ring (bicyclic) bond motifs is 1. The van der Waals surface area contributed by atoms with E-state index >= 15 is 0 Å². The Morgan fingerprint density at radius 3 is 2.41 bits per heavy atom. The molecule has 0 atom stereocenters. The third-order valence-electron chi connectivity index (χ3n) is 2.93. The van der Waals surface area contributed by atoms with Gasteiger partial charge >= 0.3 is 0 Å². The number of aliphatic hydroxyl groups is 1. The fraction of sp³-hybridized carbons (Fsp3) is 0.385. The lowest BCUT2D eigenvalue weighted by molar-refractivity contribution is 0.278. The van der Waals surface area contributed by atoms with Crippen LogP contribution in [0.1, 0.15) is 5.56 Å². The molecule has 1 N–H and O–H groups in total. The summed E-state index contributed by atoms with van der Waals surface area (Å²) in [5, 5.41) is 10.2. The number of aryl methyl sites for hydroxylation is 1. The zero-order chi connectivity index (χ0) is 12.4. The average molecular weight is 235 g/mol. The second kappa shape index (κ2) is 4.67. The van der Waals surface area contributed by atoms with Gasteiger partial charge in [0.25, 0.3) is 0 Å². The van der Waals surface area contributed by atoms with Gasteiger partial charge in [0.05, 0.1) is 26.3 Å². The maximum absolute atomic E-state index is 9.04. The maximum Gasteiger partial charge on any atom is 0.162 e. The Labute approximate surface area is 100 Å². The summed E-state index contributed by atoms with van der Waals surface area (Å²) in [4.78, 5) is 0. The second-order valence-electron chi connectivity index (χ2n) is 3.95. The SMILES string of the molecule is COc1cc2c(C)cn(CCO)c2cc1OC. The molecule has 0 saturated carbocycles. The molecule has 1 aromatic carbocycles. The van der Waals surface area contributed by atoms with Crippen LogP contribution in [-0.2, 0) is 6.54 Å². The maximum atomic E-state index is 9.04. The summed E-state index contributed by atoms with van der Waals surface area (Å²) >= 11 is 0. The highest BCUT2D eigenvalue weighted by Crippen LogP contribution is 2.34. The van der Waals surface area contributed by atoms with Crippen LogP contribution in [-0.4, -0.2) is 30.5 Å². The molecule has 1 heterocycles. The van der Waals surface area contributed by atoms with Gasteiger partial charge in [0.15, 0.2) is 11.5 Å². The molecule has 0 spiro atoms.